The number of hydrogen-bond donors (Lipinski definition) is 1. The van der Waals surface area contributed by atoms with Gasteiger partial charge in [-0.2, -0.15) is 0 Å². The number of carbonyl (C=O) groups excluding carboxylic acids is 2. The number of benzene rings is 2. The minimum absolute atomic E-state index is 0.0218. The molecule has 3 aromatic rings. The maximum atomic E-state index is 13.4. The van der Waals surface area contributed by atoms with Crippen LogP contribution in [0.2, 0.25) is 0 Å². The largest absolute Gasteiger partial charge is 0.455 e. The number of nitrogens with one attached hydrogen (secondary N) is 1. The highest BCUT2D eigenvalue weighted by Crippen LogP contribution is 2.28. The van der Waals surface area contributed by atoms with Gasteiger partial charge in [0.25, 0.3) is 5.91 Å². The molecule has 6 heteroatoms. The minimum atomic E-state index is -0.221. The maximum absolute atomic E-state index is 13.4. The van der Waals surface area contributed by atoms with Crippen molar-refractivity contribution in [3.8, 4) is 11.3 Å². The molecule has 2 amide bonds. The second kappa shape index (κ2) is 8.76. The van der Waals surface area contributed by atoms with Crippen LogP contribution in [0.15, 0.2) is 57.7 Å². The second-order valence-corrected chi connectivity index (χ2v) is 7.92. The molecule has 0 saturated carbocycles. The van der Waals surface area contributed by atoms with Crippen molar-refractivity contribution < 1.29 is 14.0 Å². The lowest BCUT2D eigenvalue weighted by Gasteiger charge is -2.32. The van der Waals surface area contributed by atoms with E-state index in [1.54, 1.807) is 30.0 Å². The van der Waals surface area contributed by atoms with Crippen LogP contribution < -0.4 is 10.7 Å². The lowest BCUT2D eigenvalue weighted by Crippen LogP contribution is -2.45. The fourth-order valence-corrected chi connectivity index (χ4v) is 4.21. The minimum Gasteiger partial charge on any atom is -0.455 e. The van der Waals surface area contributed by atoms with Gasteiger partial charge in [0.05, 0.1) is 16.9 Å². The first-order chi connectivity index (χ1) is 15.0. The van der Waals surface area contributed by atoms with Crippen molar-refractivity contribution in [3.05, 3.63) is 69.9 Å². The van der Waals surface area contributed by atoms with Crippen LogP contribution in [0.1, 0.15) is 35.7 Å². The van der Waals surface area contributed by atoms with Gasteiger partial charge in [0.1, 0.15) is 5.76 Å². The van der Waals surface area contributed by atoms with Crippen molar-refractivity contribution in [2.75, 3.05) is 19.6 Å². The van der Waals surface area contributed by atoms with Crippen LogP contribution in [-0.4, -0.2) is 36.3 Å². The zero-order chi connectivity index (χ0) is 22.0. The zero-order valence-electron chi connectivity index (χ0n) is 17.8. The average Bonchev–Trinajstić information content (AvgIpc) is 2.81. The predicted octanol–water partition coefficient (Wildman–Crippen LogP) is 3.76. The molecule has 1 fully saturated rings. The predicted molar refractivity (Wildman–Crippen MR) is 120 cm³/mol. The average molecular weight is 418 g/mol. The van der Waals surface area contributed by atoms with Crippen LogP contribution in [0.3, 0.4) is 0 Å². The van der Waals surface area contributed by atoms with Crippen LogP contribution in [-0.2, 0) is 4.79 Å². The van der Waals surface area contributed by atoms with Gasteiger partial charge in [-0.25, -0.2) is 0 Å². The topological polar surface area (TPSA) is 79.6 Å². The molecule has 1 atom stereocenters. The number of amides is 2. The maximum Gasteiger partial charge on any atom is 0.257 e. The quantitative estimate of drug-likeness (QED) is 0.700. The van der Waals surface area contributed by atoms with Crippen molar-refractivity contribution in [2.45, 2.75) is 26.7 Å². The number of rotatable bonds is 4. The van der Waals surface area contributed by atoms with Crippen LogP contribution in [0.4, 0.5) is 0 Å². The van der Waals surface area contributed by atoms with Gasteiger partial charge in [0, 0.05) is 30.8 Å². The fraction of sp³-hybridized carbons (Fsp3) is 0.320. The van der Waals surface area contributed by atoms with Gasteiger partial charge in [0.2, 0.25) is 5.91 Å². The molecule has 2 heterocycles. The summed E-state index contributed by atoms with van der Waals surface area (Å²) >= 11 is 0. The van der Waals surface area contributed by atoms with Crippen LogP contribution in [0.5, 0.6) is 0 Å². The molecule has 0 bridgehead atoms. The molecule has 1 N–H and O–H groups in total. The van der Waals surface area contributed by atoms with E-state index in [4.69, 9.17) is 4.42 Å². The smallest absolute Gasteiger partial charge is 0.257 e. The monoisotopic (exact) mass is 418 g/mol. The van der Waals surface area contributed by atoms with E-state index in [9.17, 15) is 14.4 Å². The molecule has 2 aromatic carbocycles. The summed E-state index contributed by atoms with van der Waals surface area (Å²) in [7, 11) is 0. The standard InChI is InChI=1S/C25H26N2O4/c1-3-26-24(29)18-11-8-14-27(15-18)25(30)20-13-7-12-19-21(28)16(2)22(31-23(19)20)17-9-5-4-6-10-17/h4-7,9-10,12-13,18H,3,8,11,14-15H2,1-2H3,(H,26,29). The molecule has 160 valence electrons. The van der Waals surface area contributed by atoms with Crippen LogP contribution in [0, 0.1) is 12.8 Å². The van der Waals surface area contributed by atoms with E-state index >= 15 is 0 Å². The summed E-state index contributed by atoms with van der Waals surface area (Å²) in [5, 5.41) is 3.24. The Morgan fingerprint density at radius 1 is 1.13 bits per heavy atom. The van der Waals surface area contributed by atoms with E-state index in [0.29, 0.717) is 47.5 Å². The third-order valence-electron chi connectivity index (χ3n) is 5.84. The SMILES string of the molecule is CCNC(=O)C1CCCN(C(=O)c2cccc3c(=O)c(C)c(-c4ccccc4)oc23)C1. The Hall–Kier alpha value is -3.41. The van der Waals surface area contributed by atoms with E-state index in [-0.39, 0.29) is 23.2 Å². The number of fused-ring (bicyclic) bond motifs is 1. The van der Waals surface area contributed by atoms with Crippen LogP contribution >= 0.6 is 0 Å². The van der Waals surface area contributed by atoms with Gasteiger partial charge in [-0.3, -0.25) is 14.4 Å². The summed E-state index contributed by atoms with van der Waals surface area (Å²) in [5.41, 5.74) is 1.80. The molecule has 0 radical (unpaired) electrons. The number of likely N-dealkylation sites (tertiary alicyclic amines) is 1. The van der Waals surface area contributed by atoms with Gasteiger partial charge >= 0.3 is 0 Å². The Balaban J connectivity index is 1.76. The molecular weight excluding hydrogens is 392 g/mol. The number of piperidine rings is 1. The third kappa shape index (κ3) is 3.98. The summed E-state index contributed by atoms with van der Waals surface area (Å²) in [4.78, 5) is 40.4. The lowest BCUT2D eigenvalue weighted by molar-refractivity contribution is -0.126. The molecule has 1 aliphatic heterocycles. The molecule has 4 rings (SSSR count). The van der Waals surface area contributed by atoms with E-state index in [0.717, 1.165) is 18.4 Å². The number of para-hydroxylation sites is 1. The Bertz CT molecular complexity index is 1180. The summed E-state index contributed by atoms with van der Waals surface area (Å²) in [6.45, 7) is 5.13. The zero-order valence-corrected chi connectivity index (χ0v) is 17.8. The number of nitrogens with zero attached hydrogens (tertiary/aromatic N) is 1. The van der Waals surface area contributed by atoms with Gasteiger partial charge in [0.15, 0.2) is 11.0 Å². The first-order valence-corrected chi connectivity index (χ1v) is 10.7. The highest BCUT2D eigenvalue weighted by Gasteiger charge is 2.30. The van der Waals surface area contributed by atoms with Gasteiger partial charge in [-0.1, -0.05) is 36.4 Å². The molecule has 1 aliphatic rings. The Labute approximate surface area is 180 Å². The van der Waals surface area contributed by atoms with E-state index in [2.05, 4.69) is 5.32 Å². The van der Waals surface area contributed by atoms with E-state index < -0.39 is 0 Å². The van der Waals surface area contributed by atoms with Crippen molar-refractivity contribution >= 4 is 22.8 Å². The van der Waals surface area contributed by atoms with Gasteiger partial charge in [-0.15, -0.1) is 0 Å². The molecular formula is C25H26N2O4. The lowest BCUT2D eigenvalue weighted by atomic mass is 9.96. The molecule has 0 spiro atoms. The Morgan fingerprint density at radius 3 is 2.65 bits per heavy atom. The molecule has 1 unspecified atom stereocenters. The summed E-state index contributed by atoms with van der Waals surface area (Å²) in [5.74, 6) is 0.0102. The second-order valence-electron chi connectivity index (χ2n) is 7.92. The van der Waals surface area contributed by atoms with E-state index in [1.807, 2.05) is 37.3 Å². The highest BCUT2D eigenvalue weighted by molar-refractivity contribution is 6.05. The molecule has 6 nitrogen and oxygen atoms in total. The van der Waals surface area contributed by atoms with Crippen molar-refractivity contribution in [2.24, 2.45) is 5.92 Å². The summed E-state index contributed by atoms with van der Waals surface area (Å²) < 4.78 is 6.19. The number of hydrogen-bond acceptors (Lipinski definition) is 4. The van der Waals surface area contributed by atoms with Gasteiger partial charge < -0.3 is 14.6 Å². The van der Waals surface area contributed by atoms with Crippen molar-refractivity contribution in [1.29, 1.82) is 0 Å². The first kappa shape index (κ1) is 20.8. The normalized spacial score (nSPS) is 16.3. The van der Waals surface area contributed by atoms with Crippen molar-refractivity contribution in [1.82, 2.24) is 10.2 Å². The fourth-order valence-electron chi connectivity index (χ4n) is 4.21. The summed E-state index contributed by atoms with van der Waals surface area (Å²) in [6, 6.07) is 14.5. The van der Waals surface area contributed by atoms with Crippen molar-refractivity contribution in [3.63, 3.8) is 0 Å². The molecule has 1 aromatic heterocycles. The Morgan fingerprint density at radius 2 is 1.90 bits per heavy atom. The first-order valence-electron chi connectivity index (χ1n) is 10.7. The molecule has 1 saturated heterocycles. The highest BCUT2D eigenvalue weighted by atomic mass is 16.3. The van der Waals surface area contributed by atoms with Gasteiger partial charge in [-0.05, 0) is 38.8 Å². The van der Waals surface area contributed by atoms with E-state index in [1.165, 1.54) is 0 Å². The third-order valence-corrected chi connectivity index (χ3v) is 5.84. The Kier molecular flexibility index (Phi) is 5.89. The number of carbonyl (C=O) groups is 2. The molecule has 31 heavy (non-hydrogen) atoms. The van der Waals surface area contributed by atoms with Crippen LogP contribution in [0.25, 0.3) is 22.3 Å². The molecule has 0 aliphatic carbocycles. The summed E-state index contributed by atoms with van der Waals surface area (Å²) in [6.07, 6.45) is 1.52.